The number of hydrogen-bond acceptors (Lipinski definition) is 4. The quantitative estimate of drug-likeness (QED) is 0.849. The van der Waals surface area contributed by atoms with Crippen LogP contribution in [0.3, 0.4) is 0 Å². The summed E-state index contributed by atoms with van der Waals surface area (Å²) in [6, 6.07) is 7.29. The average molecular weight is 309 g/mol. The predicted molar refractivity (Wildman–Crippen MR) is 79.8 cm³/mol. The Labute approximate surface area is 124 Å². The molecule has 7 heteroatoms. The second kappa shape index (κ2) is 6.28. The molecule has 6 nitrogen and oxygen atoms in total. The minimum atomic E-state index is -3.59. The number of hydrogen-bond donors (Lipinski definition) is 2. The fourth-order valence-corrected chi connectivity index (χ4v) is 3.32. The smallest absolute Gasteiger partial charge is 0.257 e. The fraction of sp³-hybridized carbons (Fsp3) is 0.357. The number of nitrogens with zero attached hydrogens (tertiary/aromatic N) is 1. The van der Waals surface area contributed by atoms with E-state index in [0.29, 0.717) is 12.2 Å². The first-order chi connectivity index (χ1) is 9.92. The molecule has 1 aromatic heterocycles. The molecule has 2 aromatic rings. The van der Waals surface area contributed by atoms with Gasteiger partial charge in [-0.15, -0.1) is 0 Å². The van der Waals surface area contributed by atoms with Crippen LogP contribution < -0.4 is 9.46 Å². The number of sulfonamides is 1. The van der Waals surface area contributed by atoms with E-state index in [4.69, 9.17) is 4.74 Å². The minimum absolute atomic E-state index is 0.0758. The molecule has 0 saturated carbocycles. The van der Waals surface area contributed by atoms with Gasteiger partial charge < -0.3 is 9.72 Å². The van der Waals surface area contributed by atoms with Crippen LogP contribution >= 0.6 is 0 Å². The van der Waals surface area contributed by atoms with Gasteiger partial charge in [0, 0.05) is 6.04 Å². The number of benzene rings is 1. The van der Waals surface area contributed by atoms with Crippen LogP contribution in [0.25, 0.3) is 0 Å². The maximum absolute atomic E-state index is 12.2. The number of H-pyrrole nitrogens is 1. The predicted octanol–water partition coefficient (Wildman–Crippen LogP) is 1.64. The maximum atomic E-state index is 12.2. The number of ether oxygens (including phenoxy) is 1. The molecule has 0 radical (unpaired) electrons. The Balaban J connectivity index is 2.09. The molecule has 2 N–H and O–H groups in total. The van der Waals surface area contributed by atoms with Gasteiger partial charge in [-0.2, -0.15) is 0 Å². The molecule has 0 fully saturated rings. The second-order valence-electron chi connectivity index (χ2n) is 4.87. The van der Waals surface area contributed by atoms with Crippen molar-refractivity contribution in [1.82, 2.24) is 14.7 Å². The van der Waals surface area contributed by atoms with Crippen molar-refractivity contribution in [3.8, 4) is 5.75 Å². The summed E-state index contributed by atoms with van der Waals surface area (Å²) in [5.74, 6) is 1.31. The number of aromatic amines is 1. The Morgan fingerprint density at radius 3 is 2.71 bits per heavy atom. The van der Waals surface area contributed by atoms with Crippen molar-refractivity contribution in [3.63, 3.8) is 0 Å². The zero-order valence-corrected chi connectivity index (χ0v) is 13.1. The largest absolute Gasteiger partial charge is 0.496 e. The highest BCUT2D eigenvalue weighted by Crippen LogP contribution is 2.19. The standard InChI is InChI=1S/C14H19N3O3S/c1-10(8-12-6-4-5-7-13(12)20-3)17-21(18,19)14-9-15-11(2)16-14/h4-7,9-10,17H,8H2,1-3H3,(H,15,16). The van der Waals surface area contributed by atoms with Crippen molar-refractivity contribution < 1.29 is 13.2 Å². The van der Waals surface area contributed by atoms with Crippen molar-refractivity contribution in [1.29, 1.82) is 0 Å². The van der Waals surface area contributed by atoms with Gasteiger partial charge in [-0.25, -0.2) is 18.1 Å². The van der Waals surface area contributed by atoms with Crippen molar-refractivity contribution in [2.75, 3.05) is 7.11 Å². The fourth-order valence-electron chi connectivity index (χ4n) is 2.11. The van der Waals surface area contributed by atoms with Crippen molar-refractivity contribution >= 4 is 10.0 Å². The summed E-state index contributed by atoms with van der Waals surface area (Å²) in [6.45, 7) is 3.52. The van der Waals surface area contributed by atoms with Gasteiger partial charge in [0.25, 0.3) is 10.0 Å². The van der Waals surface area contributed by atoms with E-state index in [9.17, 15) is 8.42 Å². The summed E-state index contributed by atoms with van der Waals surface area (Å²) in [5, 5.41) is 0.0758. The number of aryl methyl sites for hydroxylation is 1. The van der Waals surface area contributed by atoms with Gasteiger partial charge >= 0.3 is 0 Å². The SMILES string of the molecule is COc1ccccc1CC(C)NS(=O)(=O)c1cnc(C)[nH]1. The van der Waals surface area contributed by atoms with E-state index in [1.165, 1.54) is 6.20 Å². The highest BCUT2D eigenvalue weighted by atomic mass is 32.2. The zero-order chi connectivity index (χ0) is 15.5. The van der Waals surface area contributed by atoms with Gasteiger partial charge in [-0.1, -0.05) is 18.2 Å². The molecule has 0 aliphatic rings. The summed E-state index contributed by atoms with van der Waals surface area (Å²) in [6.07, 6.45) is 1.85. The molecule has 0 saturated heterocycles. The van der Waals surface area contributed by atoms with Crippen molar-refractivity contribution in [2.24, 2.45) is 0 Å². The first-order valence-electron chi connectivity index (χ1n) is 6.58. The van der Waals surface area contributed by atoms with Gasteiger partial charge in [0.05, 0.1) is 13.3 Å². The summed E-state index contributed by atoms with van der Waals surface area (Å²) in [4.78, 5) is 6.63. The number of rotatable bonds is 6. The Kier molecular flexibility index (Phi) is 4.64. The Morgan fingerprint density at radius 2 is 2.10 bits per heavy atom. The van der Waals surface area contributed by atoms with E-state index in [1.807, 2.05) is 31.2 Å². The van der Waals surface area contributed by atoms with Crippen LogP contribution in [0.1, 0.15) is 18.3 Å². The number of imidazole rings is 1. The number of aromatic nitrogens is 2. The van der Waals surface area contributed by atoms with Crippen LogP contribution in [-0.2, 0) is 16.4 Å². The van der Waals surface area contributed by atoms with Crippen LogP contribution in [0.15, 0.2) is 35.5 Å². The van der Waals surface area contributed by atoms with Crippen LogP contribution in [0, 0.1) is 6.92 Å². The van der Waals surface area contributed by atoms with E-state index in [0.717, 1.165) is 11.3 Å². The molecule has 0 amide bonds. The normalized spacial score (nSPS) is 13.1. The molecule has 0 aliphatic heterocycles. The first kappa shape index (κ1) is 15.5. The van der Waals surface area contributed by atoms with Gasteiger partial charge in [0.1, 0.15) is 11.6 Å². The monoisotopic (exact) mass is 309 g/mol. The van der Waals surface area contributed by atoms with E-state index in [1.54, 1.807) is 14.0 Å². The molecule has 1 heterocycles. The van der Waals surface area contributed by atoms with Gasteiger partial charge in [0.15, 0.2) is 5.03 Å². The zero-order valence-electron chi connectivity index (χ0n) is 12.3. The van der Waals surface area contributed by atoms with Gasteiger partial charge in [0.2, 0.25) is 0 Å². The molecule has 0 spiro atoms. The van der Waals surface area contributed by atoms with Crippen molar-refractivity contribution in [2.45, 2.75) is 31.3 Å². The summed E-state index contributed by atoms with van der Waals surface area (Å²) >= 11 is 0. The molecule has 0 aliphatic carbocycles. The average Bonchev–Trinajstić information content (AvgIpc) is 2.86. The highest BCUT2D eigenvalue weighted by Gasteiger charge is 2.20. The summed E-state index contributed by atoms with van der Waals surface area (Å²) in [7, 11) is -1.99. The Bertz CT molecular complexity index is 710. The van der Waals surface area contributed by atoms with Crippen LogP contribution in [0.4, 0.5) is 0 Å². The lowest BCUT2D eigenvalue weighted by molar-refractivity contribution is 0.407. The molecule has 1 atom stereocenters. The van der Waals surface area contributed by atoms with E-state index in [-0.39, 0.29) is 11.1 Å². The molecular formula is C14H19N3O3S. The lowest BCUT2D eigenvalue weighted by Crippen LogP contribution is -2.34. The van der Waals surface area contributed by atoms with Gasteiger partial charge in [-0.3, -0.25) is 0 Å². The number of methoxy groups -OCH3 is 1. The van der Waals surface area contributed by atoms with E-state index in [2.05, 4.69) is 14.7 Å². The highest BCUT2D eigenvalue weighted by molar-refractivity contribution is 7.89. The minimum Gasteiger partial charge on any atom is -0.496 e. The second-order valence-corrected chi connectivity index (χ2v) is 6.55. The first-order valence-corrected chi connectivity index (χ1v) is 8.06. The number of nitrogens with one attached hydrogen (secondary N) is 2. The molecule has 114 valence electrons. The summed E-state index contributed by atoms with van der Waals surface area (Å²) < 4.78 is 32.3. The third-order valence-corrected chi connectivity index (χ3v) is 4.54. The topological polar surface area (TPSA) is 84.1 Å². The molecule has 0 bridgehead atoms. The van der Waals surface area contributed by atoms with Crippen LogP contribution in [0.5, 0.6) is 5.75 Å². The lowest BCUT2D eigenvalue weighted by atomic mass is 10.1. The molecule has 1 aromatic carbocycles. The Hall–Kier alpha value is -1.86. The third kappa shape index (κ3) is 3.83. The van der Waals surface area contributed by atoms with E-state index < -0.39 is 10.0 Å². The van der Waals surface area contributed by atoms with Crippen LogP contribution in [0.2, 0.25) is 0 Å². The van der Waals surface area contributed by atoms with Crippen molar-refractivity contribution in [3.05, 3.63) is 41.9 Å². The molecule has 1 unspecified atom stereocenters. The maximum Gasteiger partial charge on any atom is 0.257 e. The number of para-hydroxylation sites is 1. The molecular weight excluding hydrogens is 290 g/mol. The lowest BCUT2D eigenvalue weighted by Gasteiger charge is -2.15. The van der Waals surface area contributed by atoms with E-state index >= 15 is 0 Å². The van der Waals surface area contributed by atoms with Gasteiger partial charge in [-0.05, 0) is 31.9 Å². The van der Waals surface area contributed by atoms with Crippen LogP contribution in [-0.4, -0.2) is 31.5 Å². The Morgan fingerprint density at radius 1 is 1.38 bits per heavy atom. The molecule has 21 heavy (non-hydrogen) atoms. The molecule has 2 rings (SSSR count). The summed E-state index contributed by atoms with van der Waals surface area (Å²) in [5.41, 5.74) is 0.955. The third-order valence-electron chi connectivity index (χ3n) is 3.04.